The Hall–Kier alpha value is -1.88. The molecule has 128 valence electrons. The summed E-state index contributed by atoms with van der Waals surface area (Å²) in [5, 5.41) is 0. The first-order valence-electron chi connectivity index (χ1n) is 8.08. The number of hydrogen-bond acceptors (Lipinski definition) is 4. The van der Waals surface area contributed by atoms with Crippen LogP contribution in [0.1, 0.15) is 52.5 Å². The maximum absolute atomic E-state index is 12.6. The molecule has 0 heterocycles. The molecule has 1 aromatic rings. The molecular formula is C18H28N2O3. The van der Waals surface area contributed by atoms with Gasteiger partial charge in [0.05, 0.1) is 12.6 Å². The zero-order valence-corrected chi connectivity index (χ0v) is 14.5. The molecule has 0 unspecified atom stereocenters. The predicted octanol–water partition coefficient (Wildman–Crippen LogP) is 3.47. The molecule has 0 fully saturated rings. The van der Waals surface area contributed by atoms with Crippen molar-refractivity contribution in [3.63, 3.8) is 0 Å². The molecule has 0 saturated heterocycles. The minimum Gasteiger partial charge on any atom is -0.443 e. The summed E-state index contributed by atoms with van der Waals surface area (Å²) in [6.07, 6.45) is 1.70. The monoisotopic (exact) mass is 320 g/mol. The van der Waals surface area contributed by atoms with Crippen molar-refractivity contribution in [1.29, 1.82) is 0 Å². The van der Waals surface area contributed by atoms with Gasteiger partial charge in [0.15, 0.2) is 0 Å². The number of carbonyl (C=O) groups is 2. The molecule has 0 aliphatic carbocycles. The number of nitrogens with zero attached hydrogens (tertiary/aromatic N) is 1. The van der Waals surface area contributed by atoms with Crippen LogP contribution in [0.3, 0.4) is 0 Å². The maximum Gasteiger partial charge on any atom is 0.417 e. The minimum atomic E-state index is -0.689. The van der Waals surface area contributed by atoms with E-state index >= 15 is 0 Å². The molecule has 5 heteroatoms. The Morgan fingerprint density at radius 3 is 2.35 bits per heavy atom. The van der Waals surface area contributed by atoms with Crippen molar-refractivity contribution in [1.82, 2.24) is 4.90 Å². The smallest absolute Gasteiger partial charge is 0.417 e. The normalized spacial score (nSPS) is 12.6. The van der Waals surface area contributed by atoms with E-state index in [-0.39, 0.29) is 6.54 Å². The molecule has 0 aliphatic heterocycles. The highest BCUT2D eigenvalue weighted by atomic mass is 16.6. The number of imide groups is 1. The summed E-state index contributed by atoms with van der Waals surface area (Å²) < 4.78 is 5.36. The van der Waals surface area contributed by atoms with Crippen LogP contribution in [0, 0.1) is 0 Å². The lowest BCUT2D eigenvalue weighted by Crippen LogP contribution is -2.48. The lowest BCUT2D eigenvalue weighted by molar-refractivity contribution is -0.132. The van der Waals surface area contributed by atoms with Crippen LogP contribution in [0.4, 0.5) is 4.79 Å². The van der Waals surface area contributed by atoms with E-state index in [0.717, 1.165) is 23.3 Å². The van der Waals surface area contributed by atoms with Crippen LogP contribution in [-0.4, -0.2) is 28.5 Å². The van der Waals surface area contributed by atoms with Crippen LogP contribution in [0.5, 0.6) is 0 Å². The van der Waals surface area contributed by atoms with Crippen molar-refractivity contribution in [2.24, 2.45) is 5.73 Å². The molecule has 0 saturated carbocycles. The number of amides is 2. The summed E-state index contributed by atoms with van der Waals surface area (Å²) >= 11 is 0. The van der Waals surface area contributed by atoms with Gasteiger partial charge in [0.2, 0.25) is 5.91 Å². The van der Waals surface area contributed by atoms with Crippen molar-refractivity contribution in [3.8, 4) is 0 Å². The number of hydrogen-bond donors (Lipinski definition) is 1. The molecule has 0 bridgehead atoms. The number of benzene rings is 1. The number of unbranched alkanes of at least 4 members (excludes halogenated alkanes) is 1. The topological polar surface area (TPSA) is 72.6 Å². The van der Waals surface area contributed by atoms with E-state index in [1.54, 1.807) is 20.8 Å². The molecule has 1 atom stereocenters. The second-order valence-electron chi connectivity index (χ2n) is 6.64. The van der Waals surface area contributed by atoms with Crippen LogP contribution >= 0.6 is 0 Å². The van der Waals surface area contributed by atoms with E-state index in [1.165, 1.54) is 0 Å². The molecule has 2 amide bonds. The summed E-state index contributed by atoms with van der Waals surface area (Å²) in [6, 6.07) is 8.65. The Balaban J connectivity index is 2.91. The van der Waals surface area contributed by atoms with E-state index in [9.17, 15) is 9.59 Å². The summed E-state index contributed by atoms with van der Waals surface area (Å²) in [5.41, 5.74) is 6.15. The highest BCUT2D eigenvalue weighted by Crippen LogP contribution is 2.15. The molecule has 1 rings (SSSR count). The van der Waals surface area contributed by atoms with Gasteiger partial charge in [-0.25, -0.2) is 9.69 Å². The van der Waals surface area contributed by atoms with Crippen molar-refractivity contribution in [3.05, 3.63) is 35.9 Å². The number of nitrogens with two attached hydrogens (primary N) is 1. The van der Waals surface area contributed by atoms with Gasteiger partial charge in [-0.3, -0.25) is 4.79 Å². The minimum absolute atomic E-state index is 0.161. The number of rotatable bonds is 6. The van der Waals surface area contributed by atoms with Crippen LogP contribution in [0.25, 0.3) is 0 Å². The third-order valence-electron chi connectivity index (χ3n) is 3.25. The Kier molecular flexibility index (Phi) is 7.23. The molecule has 23 heavy (non-hydrogen) atoms. The quantitative estimate of drug-likeness (QED) is 0.871. The van der Waals surface area contributed by atoms with E-state index in [0.29, 0.717) is 6.42 Å². The summed E-state index contributed by atoms with van der Waals surface area (Å²) in [5.74, 6) is -0.392. The van der Waals surface area contributed by atoms with Gasteiger partial charge in [-0.1, -0.05) is 50.1 Å². The van der Waals surface area contributed by atoms with E-state index in [2.05, 4.69) is 0 Å². The average molecular weight is 320 g/mol. The summed E-state index contributed by atoms with van der Waals surface area (Å²) in [4.78, 5) is 26.1. The van der Waals surface area contributed by atoms with Crippen molar-refractivity contribution in [2.45, 2.75) is 65.1 Å². The largest absolute Gasteiger partial charge is 0.443 e. The zero-order chi connectivity index (χ0) is 17.5. The fourth-order valence-corrected chi connectivity index (χ4v) is 2.06. The molecule has 0 aromatic heterocycles. The average Bonchev–Trinajstić information content (AvgIpc) is 2.48. The van der Waals surface area contributed by atoms with Gasteiger partial charge < -0.3 is 10.5 Å². The molecule has 1 aromatic carbocycles. The molecule has 0 spiro atoms. The van der Waals surface area contributed by atoms with Crippen molar-refractivity contribution < 1.29 is 14.3 Å². The first kappa shape index (κ1) is 19.2. The van der Waals surface area contributed by atoms with Crippen LogP contribution in [0.2, 0.25) is 0 Å². The molecule has 0 radical (unpaired) electrons. The van der Waals surface area contributed by atoms with E-state index in [1.807, 2.05) is 37.3 Å². The van der Waals surface area contributed by atoms with Gasteiger partial charge in [-0.15, -0.1) is 0 Å². The van der Waals surface area contributed by atoms with Gasteiger partial charge in [0.25, 0.3) is 0 Å². The van der Waals surface area contributed by atoms with Gasteiger partial charge in [0.1, 0.15) is 5.60 Å². The first-order valence-corrected chi connectivity index (χ1v) is 8.08. The molecule has 2 N–H and O–H groups in total. The Bertz CT molecular complexity index is 509. The van der Waals surface area contributed by atoms with E-state index < -0.39 is 23.6 Å². The van der Waals surface area contributed by atoms with Crippen molar-refractivity contribution in [2.75, 3.05) is 0 Å². The summed E-state index contributed by atoms with van der Waals surface area (Å²) in [6.45, 7) is 7.51. The van der Waals surface area contributed by atoms with Crippen LogP contribution in [0.15, 0.2) is 30.3 Å². The number of carbonyl (C=O) groups excluding carboxylic acids is 2. The zero-order valence-electron chi connectivity index (χ0n) is 14.5. The Morgan fingerprint density at radius 2 is 1.83 bits per heavy atom. The predicted molar refractivity (Wildman–Crippen MR) is 90.7 cm³/mol. The highest BCUT2D eigenvalue weighted by molar-refractivity contribution is 5.94. The maximum atomic E-state index is 12.6. The third-order valence-corrected chi connectivity index (χ3v) is 3.25. The second kappa shape index (κ2) is 8.67. The fraction of sp³-hybridized carbons (Fsp3) is 0.556. The van der Waals surface area contributed by atoms with Gasteiger partial charge in [-0.05, 0) is 32.8 Å². The highest BCUT2D eigenvalue weighted by Gasteiger charge is 2.30. The second-order valence-corrected chi connectivity index (χ2v) is 6.64. The van der Waals surface area contributed by atoms with E-state index in [4.69, 9.17) is 10.5 Å². The Labute approximate surface area is 138 Å². The van der Waals surface area contributed by atoms with Crippen molar-refractivity contribution >= 4 is 12.0 Å². The van der Waals surface area contributed by atoms with Crippen LogP contribution in [-0.2, 0) is 16.1 Å². The lowest BCUT2D eigenvalue weighted by atomic mass is 10.1. The van der Waals surface area contributed by atoms with Gasteiger partial charge in [0, 0.05) is 0 Å². The van der Waals surface area contributed by atoms with Gasteiger partial charge in [-0.2, -0.15) is 0 Å². The number of ether oxygens (including phenoxy) is 1. The third kappa shape index (κ3) is 6.82. The van der Waals surface area contributed by atoms with Gasteiger partial charge >= 0.3 is 6.09 Å². The summed E-state index contributed by atoms with van der Waals surface area (Å²) in [7, 11) is 0. The Morgan fingerprint density at radius 1 is 1.22 bits per heavy atom. The SMILES string of the molecule is CCCC[C@H](N)C(=O)N(Cc1ccccc1)C(=O)OC(C)(C)C. The first-order chi connectivity index (χ1) is 10.7. The lowest BCUT2D eigenvalue weighted by Gasteiger charge is -2.28. The molecule has 5 nitrogen and oxygen atoms in total. The molecular weight excluding hydrogens is 292 g/mol. The fourth-order valence-electron chi connectivity index (χ4n) is 2.06. The molecule has 0 aliphatic rings. The standard InChI is InChI=1S/C18H28N2O3/c1-5-6-12-15(19)16(21)20(17(22)23-18(2,3)4)13-14-10-8-7-9-11-14/h7-11,15H,5-6,12-13,19H2,1-4H3/t15-/m0/s1. The van der Waals surface area contributed by atoms with Crippen LogP contribution < -0.4 is 5.73 Å².